The molecular weight excluding hydrogens is 360 g/mol. The summed E-state index contributed by atoms with van der Waals surface area (Å²) in [5.41, 5.74) is 3.76. The molecule has 1 saturated carbocycles. The second kappa shape index (κ2) is 6.79. The summed E-state index contributed by atoms with van der Waals surface area (Å²) in [5, 5.41) is 0.546. The van der Waals surface area contributed by atoms with Crippen LogP contribution in [0.15, 0.2) is 36.4 Å². The van der Waals surface area contributed by atoms with Crippen molar-refractivity contribution in [1.82, 2.24) is 0 Å². The molecule has 0 bridgehead atoms. The Bertz CT molecular complexity index is 908. The van der Waals surface area contributed by atoms with Crippen LogP contribution in [0.1, 0.15) is 54.7 Å². The lowest BCUT2D eigenvalue weighted by Crippen LogP contribution is -2.39. The van der Waals surface area contributed by atoms with Crippen LogP contribution < -0.4 is 0 Å². The molecule has 27 heavy (non-hydrogen) atoms. The van der Waals surface area contributed by atoms with Gasteiger partial charge in [0.25, 0.3) is 0 Å². The molecule has 1 atom stereocenters. The Kier molecular flexibility index (Phi) is 4.59. The first kappa shape index (κ1) is 18.2. The molecule has 1 heterocycles. The SMILES string of the molecule is Cc1ccc(-c2cc(C)c(C3C(=O)OC4(CCCCC4)C3=O)cc2Cl)cc1. The largest absolute Gasteiger partial charge is 0.450 e. The molecule has 1 unspecified atom stereocenters. The first-order valence-corrected chi connectivity index (χ1v) is 9.93. The van der Waals surface area contributed by atoms with Crippen molar-refractivity contribution in [3.8, 4) is 11.1 Å². The Hall–Kier alpha value is -2.13. The summed E-state index contributed by atoms with van der Waals surface area (Å²) in [6, 6.07) is 11.9. The summed E-state index contributed by atoms with van der Waals surface area (Å²) >= 11 is 6.56. The third kappa shape index (κ3) is 3.08. The van der Waals surface area contributed by atoms with Gasteiger partial charge in [0.15, 0.2) is 11.4 Å². The molecule has 1 aliphatic carbocycles. The maximum atomic E-state index is 13.2. The fraction of sp³-hybridized carbons (Fsp3) is 0.391. The number of Topliss-reactive ketones (excluding diaryl/α,β-unsaturated/α-hetero) is 1. The zero-order valence-corrected chi connectivity index (χ0v) is 16.4. The number of aryl methyl sites for hydroxylation is 2. The Morgan fingerprint density at radius 2 is 1.67 bits per heavy atom. The molecule has 2 aromatic rings. The maximum absolute atomic E-state index is 13.2. The van der Waals surface area contributed by atoms with E-state index in [0.717, 1.165) is 36.0 Å². The first-order valence-electron chi connectivity index (χ1n) is 9.55. The summed E-state index contributed by atoms with van der Waals surface area (Å²) in [4.78, 5) is 25.8. The lowest BCUT2D eigenvalue weighted by atomic mass is 9.77. The molecule has 1 spiro atoms. The van der Waals surface area contributed by atoms with Crippen molar-refractivity contribution in [2.75, 3.05) is 0 Å². The van der Waals surface area contributed by atoms with E-state index in [-0.39, 0.29) is 5.78 Å². The van der Waals surface area contributed by atoms with Gasteiger partial charge in [-0.3, -0.25) is 9.59 Å². The van der Waals surface area contributed by atoms with Gasteiger partial charge in [0.1, 0.15) is 5.92 Å². The molecule has 140 valence electrons. The van der Waals surface area contributed by atoms with E-state index in [9.17, 15) is 9.59 Å². The van der Waals surface area contributed by atoms with Crippen LogP contribution in [0.4, 0.5) is 0 Å². The number of benzene rings is 2. The van der Waals surface area contributed by atoms with E-state index in [1.165, 1.54) is 5.56 Å². The average molecular weight is 383 g/mol. The van der Waals surface area contributed by atoms with Gasteiger partial charge >= 0.3 is 5.97 Å². The van der Waals surface area contributed by atoms with Gasteiger partial charge in [-0.25, -0.2) is 0 Å². The number of carbonyl (C=O) groups excluding carboxylic acids is 2. The molecule has 1 saturated heterocycles. The van der Waals surface area contributed by atoms with Crippen LogP contribution in [-0.2, 0) is 14.3 Å². The summed E-state index contributed by atoms with van der Waals surface area (Å²) < 4.78 is 5.66. The van der Waals surface area contributed by atoms with E-state index in [4.69, 9.17) is 16.3 Å². The van der Waals surface area contributed by atoms with Crippen molar-refractivity contribution in [3.05, 3.63) is 58.1 Å². The molecule has 1 aliphatic heterocycles. The highest BCUT2D eigenvalue weighted by molar-refractivity contribution is 6.33. The van der Waals surface area contributed by atoms with Crippen molar-refractivity contribution in [1.29, 1.82) is 0 Å². The van der Waals surface area contributed by atoms with Crippen LogP contribution in [0.2, 0.25) is 5.02 Å². The maximum Gasteiger partial charge on any atom is 0.322 e. The van der Waals surface area contributed by atoms with Gasteiger partial charge in [0.05, 0.1) is 0 Å². The van der Waals surface area contributed by atoms with Crippen LogP contribution in [0, 0.1) is 13.8 Å². The Balaban J connectivity index is 1.72. The molecular formula is C23H23ClO3. The van der Waals surface area contributed by atoms with Crippen LogP contribution in [0.25, 0.3) is 11.1 Å². The summed E-state index contributed by atoms with van der Waals surface area (Å²) in [5.74, 6) is -1.37. The molecule has 0 amide bonds. The lowest BCUT2D eigenvalue weighted by molar-refractivity contribution is -0.154. The molecule has 0 aromatic heterocycles. The number of rotatable bonds is 2. The predicted octanol–water partition coefficient (Wildman–Crippen LogP) is 5.54. The zero-order chi connectivity index (χ0) is 19.2. The van der Waals surface area contributed by atoms with Gasteiger partial charge in [-0.15, -0.1) is 0 Å². The lowest BCUT2D eigenvalue weighted by Gasteiger charge is -2.29. The minimum absolute atomic E-state index is 0.0885. The van der Waals surface area contributed by atoms with Gasteiger partial charge in [0, 0.05) is 10.6 Å². The number of ketones is 1. The summed E-state index contributed by atoms with van der Waals surface area (Å²) in [7, 11) is 0. The first-order chi connectivity index (χ1) is 12.9. The third-order valence-corrected chi connectivity index (χ3v) is 6.25. The molecule has 2 aromatic carbocycles. The van der Waals surface area contributed by atoms with Gasteiger partial charge in [-0.05, 0) is 68.4 Å². The van der Waals surface area contributed by atoms with Crippen molar-refractivity contribution >= 4 is 23.4 Å². The molecule has 0 N–H and O–H groups in total. The monoisotopic (exact) mass is 382 g/mol. The molecule has 4 rings (SSSR count). The average Bonchev–Trinajstić information content (AvgIpc) is 2.88. The fourth-order valence-corrected chi connectivity index (χ4v) is 4.65. The molecule has 2 aliphatic rings. The number of hydrogen-bond acceptors (Lipinski definition) is 3. The van der Waals surface area contributed by atoms with E-state index in [1.54, 1.807) is 6.07 Å². The van der Waals surface area contributed by atoms with Crippen LogP contribution in [-0.4, -0.2) is 17.4 Å². The number of carbonyl (C=O) groups is 2. The zero-order valence-electron chi connectivity index (χ0n) is 15.7. The van der Waals surface area contributed by atoms with Gasteiger partial charge < -0.3 is 4.74 Å². The number of esters is 1. The standard InChI is InChI=1S/C23H23ClO3/c1-14-6-8-16(9-7-14)18-12-15(2)17(13-19(18)24)20-21(25)23(27-22(20)26)10-4-3-5-11-23/h6-9,12-13,20H,3-5,10-11H2,1-2H3. The summed E-state index contributed by atoms with van der Waals surface area (Å²) in [6.45, 7) is 3.97. The van der Waals surface area contributed by atoms with E-state index in [0.29, 0.717) is 23.4 Å². The van der Waals surface area contributed by atoms with Gasteiger partial charge in [0.2, 0.25) is 0 Å². The third-order valence-electron chi connectivity index (χ3n) is 5.93. The Labute approximate surface area is 164 Å². The van der Waals surface area contributed by atoms with Gasteiger partial charge in [-0.1, -0.05) is 47.9 Å². The van der Waals surface area contributed by atoms with Crippen LogP contribution in [0.5, 0.6) is 0 Å². The van der Waals surface area contributed by atoms with Crippen LogP contribution >= 0.6 is 11.6 Å². The fourth-order valence-electron chi connectivity index (χ4n) is 4.37. The molecule has 2 fully saturated rings. The summed E-state index contributed by atoms with van der Waals surface area (Å²) in [6.07, 6.45) is 4.23. The number of hydrogen-bond donors (Lipinski definition) is 0. The van der Waals surface area contributed by atoms with Crippen molar-refractivity contribution in [2.45, 2.75) is 57.5 Å². The van der Waals surface area contributed by atoms with E-state index < -0.39 is 17.5 Å². The number of ether oxygens (including phenoxy) is 1. The molecule has 0 radical (unpaired) electrons. The second-order valence-corrected chi connectivity index (χ2v) is 8.24. The minimum Gasteiger partial charge on any atom is -0.450 e. The van der Waals surface area contributed by atoms with E-state index in [2.05, 4.69) is 0 Å². The molecule has 4 heteroatoms. The second-order valence-electron chi connectivity index (χ2n) is 7.83. The smallest absolute Gasteiger partial charge is 0.322 e. The Morgan fingerprint density at radius 3 is 2.33 bits per heavy atom. The van der Waals surface area contributed by atoms with Crippen molar-refractivity contribution < 1.29 is 14.3 Å². The quantitative estimate of drug-likeness (QED) is 0.506. The Morgan fingerprint density at radius 1 is 1.00 bits per heavy atom. The highest BCUT2D eigenvalue weighted by Crippen LogP contribution is 2.45. The highest BCUT2D eigenvalue weighted by atomic mass is 35.5. The normalized spacial score (nSPS) is 21.5. The van der Waals surface area contributed by atoms with Gasteiger partial charge in [-0.2, -0.15) is 0 Å². The topological polar surface area (TPSA) is 43.4 Å². The van der Waals surface area contributed by atoms with Crippen LogP contribution in [0.3, 0.4) is 0 Å². The molecule has 3 nitrogen and oxygen atoms in total. The minimum atomic E-state index is -0.908. The predicted molar refractivity (Wildman–Crippen MR) is 106 cm³/mol. The van der Waals surface area contributed by atoms with Crippen molar-refractivity contribution in [2.24, 2.45) is 0 Å². The van der Waals surface area contributed by atoms with E-state index in [1.807, 2.05) is 44.2 Å². The van der Waals surface area contributed by atoms with Crippen molar-refractivity contribution in [3.63, 3.8) is 0 Å². The number of halogens is 1. The van der Waals surface area contributed by atoms with E-state index >= 15 is 0 Å². The highest BCUT2D eigenvalue weighted by Gasteiger charge is 2.55.